The summed E-state index contributed by atoms with van der Waals surface area (Å²) in [5.74, 6) is 0. The smallest absolute Gasteiger partial charge is 0.0949 e. The number of nitrogens with zero attached hydrogens (tertiary/aromatic N) is 4. The Hall–Kier alpha value is -1.10. The molecule has 0 saturated heterocycles. The topological polar surface area (TPSA) is 35.6 Å². The van der Waals surface area contributed by atoms with Crippen molar-refractivity contribution in [2.24, 2.45) is 0 Å². The van der Waals surface area contributed by atoms with Crippen LogP contribution in [0, 0.1) is 6.92 Å². The fourth-order valence-corrected chi connectivity index (χ4v) is 1.98. The number of halogens is 1. The molecule has 0 amide bonds. The Bertz CT molecular complexity index is 444. The number of rotatable bonds is 3. The molecule has 2 heterocycles. The molecule has 80 valence electrons. The van der Waals surface area contributed by atoms with Crippen molar-refractivity contribution >= 4 is 15.9 Å². The summed E-state index contributed by atoms with van der Waals surface area (Å²) < 4.78 is 5.14. The first-order valence-corrected chi connectivity index (χ1v) is 5.69. The normalized spacial score (nSPS) is 10.9. The Labute approximate surface area is 97.1 Å². The van der Waals surface area contributed by atoms with Gasteiger partial charge in [0.1, 0.15) is 0 Å². The van der Waals surface area contributed by atoms with Gasteiger partial charge in [-0.15, -0.1) is 0 Å². The molecule has 2 rings (SSSR count). The summed E-state index contributed by atoms with van der Waals surface area (Å²) in [5.41, 5.74) is 2.22. The van der Waals surface area contributed by atoms with Crippen LogP contribution >= 0.6 is 15.9 Å². The van der Waals surface area contributed by atoms with Gasteiger partial charge in [-0.1, -0.05) is 0 Å². The van der Waals surface area contributed by atoms with E-state index in [4.69, 9.17) is 0 Å². The Balaban J connectivity index is 2.34. The number of aryl methyl sites for hydroxylation is 2. The minimum Gasteiger partial charge on any atom is -0.331 e. The van der Waals surface area contributed by atoms with Crippen molar-refractivity contribution in [3.8, 4) is 0 Å². The predicted octanol–water partition coefficient (Wildman–Crippen LogP) is 2.22. The summed E-state index contributed by atoms with van der Waals surface area (Å²) in [6.45, 7) is 5.79. The van der Waals surface area contributed by atoms with E-state index in [1.807, 2.05) is 28.7 Å². The number of aromatic nitrogens is 4. The third-order valence-electron chi connectivity index (χ3n) is 2.34. The van der Waals surface area contributed by atoms with E-state index in [9.17, 15) is 0 Å². The summed E-state index contributed by atoms with van der Waals surface area (Å²) in [4.78, 5) is 4.03. The average Bonchev–Trinajstić information content (AvgIpc) is 2.82. The maximum atomic E-state index is 4.45. The Morgan fingerprint density at radius 1 is 1.47 bits per heavy atom. The lowest BCUT2D eigenvalue weighted by Crippen LogP contribution is -2.07. The van der Waals surface area contributed by atoms with Crippen LogP contribution in [0.3, 0.4) is 0 Å². The lowest BCUT2D eigenvalue weighted by Gasteiger charge is -2.05. The highest BCUT2D eigenvalue weighted by molar-refractivity contribution is 9.10. The van der Waals surface area contributed by atoms with Crippen LogP contribution in [0.1, 0.15) is 18.3 Å². The summed E-state index contributed by atoms with van der Waals surface area (Å²) in [6.07, 6.45) is 5.55. The molecular weight excluding hydrogens is 256 g/mol. The fourth-order valence-electron chi connectivity index (χ4n) is 1.57. The standard InChI is InChI=1S/C10H13BrN4/c1-3-15-9(10(11)8(2)13-15)6-14-5-4-12-7-14/h4-5,7H,3,6H2,1-2H3. The molecule has 2 aromatic heterocycles. The molecule has 0 spiro atoms. The van der Waals surface area contributed by atoms with Crippen LogP contribution in [0.25, 0.3) is 0 Å². The lowest BCUT2D eigenvalue weighted by atomic mass is 10.3. The first kappa shape index (κ1) is 10.4. The summed E-state index contributed by atoms with van der Waals surface area (Å²) >= 11 is 3.57. The second kappa shape index (κ2) is 4.18. The van der Waals surface area contributed by atoms with E-state index in [1.54, 1.807) is 6.20 Å². The molecule has 0 bridgehead atoms. The molecular formula is C10H13BrN4. The molecule has 0 aliphatic carbocycles. The van der Waals surface area contributed by atoms with Gasteiger partial charge in [-0.2, -0.15) is 5.10 Å². The number of hydrogen-bond donors (Lipinski definition) is 0. The Morgan fingerprint density at radius 2 is 2.27 bits per heavy atom. The minimum atomic E-state index is 0.801. The molecule has 2 aromatic rings. The molecule has 0 aromatic carbocycles. The minimum absolute atomic E-state index is 0.801. The third-order valence-corrected chi connectivity index (χ3v) is 3.38. The Morgan fingerprint density at radius 3 is 2.87 bits per heavy atom. The molecule has 0 radical (unpaired) electrons. The average molecular weight is 269 g/mol. The van der Waals surface area contributed by atoms with Gasteiger partial charge >= 0.3 is 0 Å². The van der Waals surface area contributed by atoms with Crippen molar-refractivity contribution in [2.75, 3.05) is 0 Å². The van der Waals surface area contributed by atoms with Gasteiger partial charge in [0.15, 0.2) is 0 Å². The fraction of sp³-hybridized carbons (Fsp3) is 0.400. The zero-order valence-corrected chi connectivity index (χ0v) is 10.4. The predicted molar refractivity (Wildman–Crippen MR) is 61.7 cm³/mol. The van der Waals surface area contributed by atoms with Crippen molar-refractivity contribution in [1.82, 2.24) is 19.3 Å². The summed E-state index contributed by atoms with van der Waals surface area (Å²) in [7, 11) is 0. The maximum absolute atomic E-state index is 4.45. The van der Waals surface area contributed by atoms with Gasteiger partial charge in [-0.05, 0) is 29.8 Å². The van der Waals surface area contributed by atoms with Crippen molar-refractivity contribution in [3.05, 3.63) is 34.6 Å². The molecule has 0 N–H and O–H groups in total. The van der Waals surface area contributed by atoms with Crippen molar-refractivity contribution in [2.45, 2.75) is 26.9 Å². The third kappa shape index (κ3) is 1.97. The largest absolute Gasteiger partial charge is 0.331 e. The molecule has 0 aliphatic heterocycles. The first-order chi connectivity index (χ1) is 7.22. The molecule has 0 aliphatic rings. The van der Waals surface area contributed by atoms with Gasteiger partial charge in [-0.25, -0.2) is 4.98 Å². The first-order valence-electron chi connectivity index (χ1n) is 4.90. The van der Waals surface area contributed by atoms with E-state index < -0.39 is 0 Å². The zero-order chi connectivity index (χ0) is 10.8. The highest BCUT2D eigenvalue weighted by Crippen LogP contribution is 2.21. The quantitative estimate of drug-likeness (QED) is 0.856. The summed E-state index contributed by atoms with van der Waals surface area (Å²) in [6, 6.07) is 0. The van der Waals surface area contributed by atoms with Crippen LogP contribution in [0.5, 0.6) is 0 Å². The molecule has 0 saturated carbocycles. The zero-order valence-electron chi connectivity index (χ0n) is 8.81. The van der Waals surface area contributed by atoms with Gasteiger partial charge in [0.25, 0.3) is 0 Å². The number of imidazole rings is 1. The Kier molecular flexibility index (Phi) is 2.90. The van der Waals surface area contributed by atoms with Crippen LogP contribution in [-0.4, -0.2) is 19.3 Å². The van der Waals surface area contributed by atoms with Crippen LogP contribution in [0.15, 0.2) is 23.2 Å². The van der Waals surface area contributed by atoms with Gasteiger partial charge in [0.05, 0.1) is 28.7 Å². The van der Waals surface area contributed by atoms with Gasteiger partial charge in [0, 0.05) is 18.9 Å². The lowest BCUT2D eigenvalue weighted by molar-refractivity contribution is 0.596. The summed E-state index contributed by atoms with van der Waals surface area (Å²) in [5, 5.41) is 4.45. The van der Waals surface area contributed by atoms with Gasteiger partial charge < -0.3 is 4.57 Å². The van der Waals surface area contributed by atoms with E-state index in [-0.39, 0.29) is 0 Å². The monoisotopic (exact) mass is 268 g/mol. The highest BCUT2D eigenvalue weighted by atomic mass is 79.9. The molecule has 4 nitrogen and oxygen atoms in total. The second-order valence-corrected chi connectivity index (χ2v) is 4.19. The SMILES string of the molecule is CCn1nc(C)c(Br)c1Cn1ccnc1. The van der Waals surface area contributed by atoms with E-state index >= 15 is 0 Å². The van der Waals surface area contributed by atoms with E-state index in [1.165, 1.54) is 5.69 Å². The second-order valence-electron chi connectivity index (χ2n) is 3.40. The van der Waals surface area contributed by atoms with Crippen LogP contribution in [0.4, 0.5) is 0 Å². The van der Waals surface area contributed by atoms with Crippen molar-refractivity contribution in [1.29, 1.82) is 0 Å². The van der Waals surface area contributed by atoms with Crippen molar-refractivity contribution < 1.29 is 0 Å². The van der Waals surface area contributed by atoms with Crippen LogP contribution in [0.2, 0.25) is 0 Å². The van der Waals surface area contributed by atoms with Crippen molar-refractivity contribution in [3.63, 3.8) is 0 Å². The molecule has 0 fully saturated rings. The highest BCUT2D eigenvalue weighted by Gasteiger charge is 2.11. The molecule has 0 unspecified atom stereocenters. The van der Waals surface area contributed by atoms with E-state index in [0.29, 0.717) is 0 Å². The van der Waals surface area contributed by atoms with Crippen LogP contribution in [-0.2, 0) is 13.1 Å². The van der Waals surface area contributed by atoms with Gasteiger partial charge in [-0.3, -0.25) is 4.68 Å². The van der Waals surface area contributed by atoms with Gasteiger partial charge in [0.2, 0.25) is 0 Å². The van der Waals surface area contributed by atoms with Crippen LogP contribution < -0.4 is 0 Å². The molecule has 0 atom stereocenters. The van der Waals surface area contributed by atoms with E-state index in [0.717, 1.165) is 23.3 Å². The van der Waals surface area contributed by atoms with E-state index in [2.05, 4.69) is 32.9 Å². The molecule has 5 heteroatoms. The maximum Gasteiger partial charge on any atom is 0.0949 e. The molecule has 15 heavy (non-hydrogen) atoms. The number of hydrogen-bond acceptors (Lipinski definition) is 2.